The van der Waals surface area contributed by atoms with Crippen LogP contribution in [0, 0.1) is 0 Å². The molecule has 0 fully saturated rings. The first-order chi connectivity index (χ1) is 35.0. The van der Waals surface area contributed by atoms with Gasteiger partial charge in [0.15, 0.2) is 6.10 Å². The Morgan fingerprint density at radius 1 is 0.296 bits per heavy atom. The Labute approximate surface area is 438 Å². The molecule has 6 nitrogen and oxygen atoms in total. The van der Waals surface area contributed by atoms with E-state index in [2.05, 4.69) is 124 Å². The van der Waals surface area contributed by atoms with Gasteiger partial charge >= 0.3 is 17.9 Å². The molecule has 6 heteroatoms. The van der Waals surface area contributed by atoms with Crippen molar-refractivity contribution < 1.29 is 28.6 Å². The van der Waals surface area contributed by atoms with Gasteiger partial charge in [-0.15, -0.1) is 0 Å². The summed E-state index contributed by atoms with van der Waals surface area (Å²) in [5, 5.41) is 0. The van der Waals surface area contributed by atoms with Gasteiger partial charge in [0, 0.05) is 19.3 Å². The van der Waals surface area contributed by atoms with Crippen LogP contribution in [0.25, 0.3) is 0 Å². The molecular weight excluding hydrogens is 877 g/mol. The van der Waals surface area contributed by atoms with Crippen LogP contribution >= 0.6 is 0 Å². The van der Waals surface area contributed by atoms with Gasteiger partial charge in [-0.2, -0.15) is 0 Å². The SMILES string of the molecule is CC/C=C\C/C=C\C/C=C\C/C=C\C/C=C\C/C=C\CCC(=O)OC[C@H](COC(=O)CCCC/C=C\C/C=C\C/C=C\CCCCC)OC(=O)CCCCCCCCCCCCCCCCCCCCC. The first-order valence-electron chi connectivity index (χ1n) is 29.4. The zero-order chi connectivity index (χ0) is 51.4. The molecule has 0 aromatic carbocycles. The molecule has 0 N–H and O–H groups in total. The number of carbonyl (C=O) groups excluding carboxylic acids is 3. The third-order valence-corrected chi connectivity index (χ3v) is 12.3. The van der Waals surface area contributed by atoms with Gasteiger partial charge in [0.2, 0.25) is 0 Å². The Balaban J connectivity index is 4.53. The van der Waals surface area contributed by atoms with E-state index in [1.807, 2.05) is 6.08 Å². The van der Waals surface area contributed by atoms with Crippen molar-refractivity contribution in [1.82, 2.24) is 0 Å². The highest BCUT2D eigenvalue weighted by atomic mass is 16.6. The topological polar surface area (TPSA) is 78.9 Å². The van der Waals surface area contributed by atoms with Gasteiger partial charge in [0.25, 0.3) is 0 Å². The van der Waals surface area contributed by atoms with E-state index in [0.29, 0.717) is 19.3 Å². The predicted molar refractivity (Wildman–Crippen MR) is 307 cm³/mol. The number of rotatable bonds is 52. The quantitative estimate of drug-likeness (QED) is 0.0261. The van der Waals surface area contributed by atoms with Crippen LogP contribution in [-0.2, 0) is 28.6 Å². The normalized spacial score (nSPS) is 12.9. The number of carbonyl (C=O) groups is 3. The lowest BCUT2D eigenvalue weighted by atomic mass is 10.0. The third-order valence-electron chi connectivity index (χ3n) is 12.3. The first-order valence-corrected chi connectivity index (χ1v) is 29.4. The molecule has 0 rings (SSSR count). The summed E-state index contributed by atoms with van der Waals surface area (Å²) in [7, 11) is 0. The molecule has 0 aliphatic carbocycles. The van der Waals surface area contributed by atoms with Gasteiger partial charge in [0.1, 0.15) is 13.2 Å². The van der Waals surface area contributed by atoms with Crippen LogP contribution in [0.15, 0.2) is 109 Å². The molecule has 0 aliphatic heterocycles. The van der Waals surface area contributed by atoms with E-state index in [0.717, 1.165) is 89.9 Å². The maximum Gasteiger partial charge on any atom is 0.306 e. The van der Waals surface area contributed by atoms with Crippen molar-refractivity contribution in [1.29, 1.82) is 0 Å². The van der Waals surface area contributed by atoms with Crippen molar-refractivity contribution in [2.24, 2.45) is 0 Å². The van der Waals surface area contributed by atoms with Crippen LogP contribution in [0.2, 0.25) is 0 Å². The van der Waals surface area contributed by atoms with Crippen LogP contribution in [0.1, 0.15) is 265 Å². The number of allylic oxidation sites excluding steroid dienone is 18. The number of ether oxygens (including phenoxy) is 3. The fourth-order valence-corrected chi connectivity index (χ4v) is 7.89. The molecule has 1 atom stereocenters. The summed E-state index contributed by atoms with van der Waals surface area (Å²) in [6, 6.07) is 0. The predicted octanol–water partition coefficient (Wildman–Crippen LogP) is 19.9. The summed E-state index contributed by atoms with van der Waals surface area (Å²) in [4.78, 5) is 38.1. The van der Waals surface area contributed by atoms with Crippen molar-refractivity contribution in [2.45, 2.75) is 271 Å². The fourth-order valence-electron chi connectivity index (χ4n) is 7.89. The lowest BCUT2D eigenvalue weighted by Gasteiger charge is -2.18. The van der Waals surface area contributed by atoms with Crippen molar-refractivity contribution in [3.8, 4) is 0 Å². The van der Waals surface area contributed by atoms with E-state index in [9.17, 15) is 14.4 Å². The zero-order valence-corrected chi connectivity index (χ0v) is 46.2. The van der Waals surface area contributed by atoms with Crippen molar-refractivity contribution >= 4 is 17.9 Å². The van der Waals surface area contributed by atoms with Gasteiger partial charge in [-0.1, -0.05) is 259 Å². The van der Waals surface area contributed by atoms with Crippen molar-refractivity contribution in [2.75, 3.05) is 13.2 Å². The molecule has 0 aromatic heterocycles. The summed E-state index contributed by atoms with van der Waals surface area (Å²) in [6.07, 6.45) is 79.5. The van der Waals surface area contributed by atoms with E-state index in [1.165, 1.54) is 128 Å². The Morgan fingerprint density at radius 2 is 0.577 bits per heavy atom. The molecule has 0 amide bonds. The van der Waals surface area contributed by atoms with Crippen LogP contribution in [0.4, 0.5) is 0 Å². The highest BCUT2D eigenvalue weighted by Crippen LogP contribution is 2.16. The third kappa shape index (κ3) is 56.9. The molecule has 0 heterocycles. The van der Waals surface area contributed by atoms with Crippen LogP contribution in [-0.4, -0.2) is 37.2 Å². The minimum Gasteiger partial charge on any atom is -0.462 e. The Morgan fingerprint density at radius 3 is 0.972 bits per heavy atom. The van der Waals surface area contributed by atoms with E-state index in [-0.39, 0.29) is 37.5 Å². The Hall–Kier alpha value is -3.93. The number of esters is 3. The van der Waals surface area contributed by atoms with Gasteiger partial charge in [0.05, 0.1) is 0 Å². The molecule has 0 unspecified atom stereocenters. The molecule has 0 bridgehead atoms. The molecule has 0 aromatic rings. The molecular formula is C65H108O6. The highest BCUT2D eigenvalue weighted by molar-refractivity contribution is 5.71. The van der Waals surface area contributed by atoms with Gasteiger partial charge in [-0.3, -0.25) is 14.4 Å². The van der Waals surface area contributed by atoms with Crippen LogP contribution < -0.4 is 0 Å². The van der Waals surface area contributed by atoms with Gasteiger partial charge < -0.3 is 14.2 Å². The number of hydrogen-bond donors (Lipinski definition) is 0. The second-order valence-corrected chi connectivity index (χ2v) is 19.2. The van der Waals surface area contributed by atoms with Crippen molar-refractivity contribution in [3.63, 3.8) is 0 Å². The lowest BCUT2D eigenvalue weighted by molar-refractivity contribution is -0.166. The highest BCUT2D eigenvalue weighted by Gasteiger charge is 2.19. The number of hydrogen-bond acceptors (Lipinski definition) is 6. The molecule has 0 spiro atoms. The molecule has 0 saturated carbocycles. The average molecular weight is 986 g/mol. The van der Waals surface area contributed by atoms with Crippen LogP contribution in [0.3, 0.4) is 0 Å². The molecule has 71 heavy (non-hydrogen) atoms. The Kier molecular flexibility index (Phi) is 55.4. The number of unbranched alkanes of at least 4 members (excludes halogenated alkanes) is 23. The van der Waals surface area contributed by atoms with Crippen molar-refractivity contribution in [3.05, 3.63) is 109 Å². The average Bonchev–Trinajstić information content (AvgIpc) is 3.37. The van der Waals surface area contributed by atoms with Crippen LogP contribution in [0.5, 0.6) is 0 Å². The van der Waals surface area contributed by atoms with E-state index < -0.39 is 6.10 Å². The zero-order valence-electron chi connectivity index (χ0n) is 46.2. The van der Waals surface area contributed by atoms with E-state index >= 15 is 0 Å². The summed E-state index contributed by atoms with van der Waals surface area (Å²) in [6.45, 7) is 6.41. The largest absolute Gasteiger partial charge is 0.462 e. The smallest absolute Gasteiger partial charge is 0.306 e. The monoisotopic (exact) mass is 985 g/mol. The summed E-state index contributed by atoms with van der Waals surface area (Å²) < 4.78 is 16.8. The summed E-state index contributed by atoms with van der Waals surface area (Å²) in [5.74, 6) is -1.04. The first kappa shape index (κ1) is 67.1. The minimum atomic E-state index is -0.825. The van der Waals surface area contributed by atoms with E-state index in [1.54, 1.807) is 0 Å². The molecule has 0 radical (unpaired) electrons. The summed E-state index contributed by atoms with van der Waals surface area (Å²) >= 11 is 0. The molecule has 0 aliphatic rings. The minimum absolute atomic E-state index is 0.121. The lowest BCUT2D eigenvalue weighted by Crippen LogP contribution is -2.30. The maximum atomic E-state index is 12.9. The maximum absolute atomic E-state index is 12.9. The summed E-state index contributed by atoms with van der Waals surface area (Å²) in [5.41, 5.74) is 0. The second-order valence-electron chi connectivity index (χ2n) is 19.2. The molecule has 0 saturated heterocycles. The second kappa shape index (κ2) is 58.6. The Bertz CT molecular complexity index is 1460. The fraction of sp³-hybridized carbons (Fsp3) is 0.677. The van der Waals surface area contributed by atoms with Gasteiger partial charge in [-0.25, -0.2) is 0 Å². The van der Waals surface area contributed by atoms with E-state index in [4.69, 9.17) is 14.2 Å². The standard InChI is InChI=1S/C65H108O6/c1-4-7-10-13-16-19-22-25-28-30-32-34-37-40-43-46-49-52-55-58-64(67)70-61-62(60-69-63(66)57-54-51-48-45-42-39-36-27-24-21-18-15-12-9-6-3)71-65(68)59-56-53-50-47-44-41-38-35-33-31-29-26-23-20-17-14-11-8-5-2/h7,10,16,18-19,21,25,27-28,32,34,36,40,42-43,45,49,52,62H,4-6,8-9,11-15,17,20,22-24,26,29-31,33,35,37-39,41,44,46-48,50-51,53-61H2,1-3H3/b10-7-,19-16-,21-18-,28-25-,34-32-,36-27-,43-40-,45-42-,52-49-/t62-/m0/s1. The van der Waals surface area contributed by atoms with Gasteiger partial charge in [-0.05, 0) is 96.3 Å². The molecule has 404 valence electrons.